The minimum absolute atomic E-state index is 0.107. The average Bonchev–Trinajstić information content (AvgIpc) is 3.36. The van der Waals surface area contributed by atoms with E-state index in [1.54, 1.807) is 6.20 Å². The van der Waals surface area contributed by atoms with E-state index < -0.39 is 47.9 Å². The lowest BCUT2D eigenvalue weighted by molar-refractivity contribution is -0.141. The molecule has 0 aliphatic heterocycles. The fraction of sp³-hybridized carbons (Fsp3) is 0.619. The minimum Gasteiger partial charge on any atom is -0.480 e. The molecule has 0 saturated carbocycles. The molecular weight excluding hydrogens is 504 g/mol. The predicted octanol–water partition coefficient (Wildman–Crippen LogP) is -3.07. The number of unbranched alkanes of at least 4 members (excludes halogenated alkanes) is 1. The Hall–Kier alpha value is -3.37. The molecule has 4 unspecified atom stereocenters. The summed E-state index contributed by atoms with van der Waals surface area (Å²) in [5.41, 5.74) is 22.8. The second kappa shape index (κ2) is 17.1. The molecule has 13 N–H and O–H groups in total. The van der Waals surface area contributed by atoms with Crippen LogP contribution < -0.4 is 38.9 Å². The van der Waals surface area contributed by atoms with Gasteiger partial charge in [-0.15, -0.1) is 0 Å². The van der Waals surface area contributed by atoms with Gasteiger partial charge in [-0.3, -0.25) is 19.4 Å². The lowest BCUT2D eigenvalue weighted by atomic mass is 10.0. The highest BCUT2D eigenvalue weighted by molar-refractivity contribution is 7.80. The molecule has 4 atom stereocenters. The number of carboxylic acids is 1. The van der Waals surface area contributed by atoms with Crippen LogP contribution in [0.25, 0.3) is 0 Å². The summed E-state index contributed by atoms with van der Waals surface area (Å²) in [6.45, 7) is 0.591. The molecule has 0 spiro atoms. The number of hydrogen-bond acceptors (Lipinski definition) is 9. The third-order valence-electron chi connectivity index (χ3n) is 5.29. The number of thiol groups is 1. The van der Waals surface area contributed by atoms with Crippen LogP contribution in [-0.4, -0.2) is 87.7 Å². The number of aromatic nitrogens is 2. The number of carboxylic acid groups (broad SMARTS) is 1. The van der Waals surface area contributed by atoms with Crippen LogP contribution >= 0.6 is 12.6 Å². The Kier molecular flexibility index (Phi) is 14.7. The van der Waals surface area contributed by atoms with Crippen LogP contribution in [0.2, 0.25) is 0 Å². The Bertz CT molecular complexity index is 894. The van der Waals surface area contributed by atoms with Gasteiger partial charge in [0.15, 0.2) is 5.96 Å². The summed E-state index contributed by atoms with van der Waals surface area (Å²) in [5, 5.41) is 16.8. The van der Waals surface area contributed by atoms with E-state index in [2.05, 4.69) is 43.5 Å². The first-order valence-electron chi connectivity index (χ1n) is 11.8. The maximum atomic E-state index is 13.2. The molecule has 37 heavy (non-hydrogen) atoms. The van der Waals surface area contributed by atoms with Crippen LogP contribution in [0.15, 0.2) is 17.5 Å². The van der Waals surface area contributed by atoms with E-state index in [-0.39, 0.29) is 37.5 Å². The topological polar surface area (TPSA) is 270 Å². The molecule has 0 bridgehead atoms. The zero-order valence-electron chi connectivity index (χ0n) is 20.6. The van der Waals surface area contributed by atoms with Crippen LogP contribution in [0.4, 0.5) is 0 Å². The van der Waals surface area contributed by atoms with Crippen molar-refractivity contribution < 1.29 is 24.3 Å². The maximum absolute atomic E-state index is 13.2. The monoisotopic (exact) mass is 542 g/mol. The van der Waals surface area contributed by atoms with Crippen molar-refractivity contribution in [1.29, 1.82) is 0 Å². The van der Waals surface area contributed by atoms with Crippen LogP contribution in [0, 0.1) is 0 Å². The predicted molar refractivity (Wildman–Crippen MR) is 140 cm³/mol. The summed E-state index contributed by atoms with van der Waals surface area (Å²) in [6, 6.07) is -4.32. The van der Waals surface area contributed by atoms with Gasteiger partial charge in [0.2, 0.25) is 17.7 Å². The largest absolute Gasteiger partial charge is 0.480 e. The summed E-state index contributed by atoms with van der Waals surface area (Å²) in [6.07, 6.45) is 5.01. The van der Waals surface area contributed by atoms with Gasteiger partial charge in [0.25, 0.3) is 0 Å². The zero-order chi connectivity index (χ0) is 27.8. The molecule has 1 heterocycles. The van der Waals surface area contributed by atoms with E-state index in [1.165, 1.54) is 6.33 Å². The second-order valence-electron chi connectivity index (χ2n) is 8.33. The first kappa shape index (κ1) is 31.7. The van der Waals surface area contributed by atoms with Crippen molar-refractivity contribution >= 4 is 42.3 Å². The molecule has 208 valence electrons. The normalized spacial score (nSPS) is 14.0. The van der Waals surface area contributed by atoms with Crippen LogP contribution in [-0.2, 0) is 25.6 Å². The SMILES string of the molecule is NCCCCC(NC(=O)C(N)Cc1cnc[nH]1)C(=O)NC(CCCN=C(N)N)C(=O)NC(CS)C(=O)O. The zero-order valence-corrected chi connectivity index (χ0v) is 21.5. The third-order valence-corrected chi connectivity index (χ3v) is 5.65. The molecule has 16 heteroatoms. The van der Waals surface area contributed by atoms with E-state index in [4.69, 9.17) is 22.9 Å². The molecule has 0 aromatic carbocycles. The Morgan fingerprint density at radius 1 is 1.00 bits per heavy atom. The number of aliphatic imine (C=N–C) groups is 1. The number of carbonyl (C=O) groups excluding carboxylic acids is 3. The van der Waals surface area contributed by atoms with Crippen molar-refractivity contribution in [1.82, 2.24) is 25.9 Å². The Balaban J connectivity index is 2.96. The quantitative estimate of drug-likeness (QED) is 0.0387. The van der Waals surface area contributed by atoms with Gasteiger partial charge >= 0.3 is 5.97 Å². The highest BCUT2D eigenvalue weighted by Crippen LogP contribution is 2.06. The summed E-state index contributed by atoms with van der Waals surface area (Å²) in [4.78, 5) is 60.6. The standard InChI is InChI=1S/C21H38N10O5S/c22-6-2-1-4-14(29-17(32)13(23)8-12-9-26-11-28-12)18(33)30-15(5-3-7-27-21(24)25)19(34)31-16(10-37)20(35)36/h9,11,13-16,37H,1-8,10,22-23H2,(H,26,28)(H,29,32)(H,30,33)(H,31,34)(H,35,36)(H4,24,25,27). The number of imidazole rings is 1. The number of hydrogen-bond donors (Lipinski definition) is 10. The van der Waals surface area contributed by atoms with E-state index >= 15 is 0 Å². The van der Waals surface area contributed by atoms with Crippen molar-refractivity contribution in [3.63, 3.8) is 0 Å². The highest BCUT2D eigenvalue weighted by atomic mass is 32.1. The van der Waals surface area contributed by atoms with Gasteiger partial charge in [0.1, 0.15) is 18.1 Å². The summed E-state index contributed by atoms with van der Waals surface area (Å²) < 4.78 is 0. The smallest absolute Gasteiger partial charge is 0.327 e. The number of nitrogens with zero attached hydrogens (tertiary/aromatic N) is 2. The third kappa shape index (κ3) is 12.4. The molecule has 1 aromatic rings. The van der Waals surface area contributed by atoms with Crippen molar-refractivity contribution in [2.75, 3.05) is 18.8 Å². The molecule has 3 amide bonds. The number of nitrogens with one attached hydrogen (secondary N) is 4. The molecule has 15 nitrogen and oxygen atoms in total. The van der Waals surface area contributed by atoms with E-state index in [9.17, 15) is 24.3 Å². The molecule has 0 radical (unpaired) electrons. The van der Waals surface area contributed by atoms with E-state index in [0.29, 0.717) is 31.5 Å². The number of carbonyl (C=O) groups is 4. The lowest BCUT2D eigenvalue weighted by Gasteiger charge is -2.25. The summed E-state index contributed by atoms with van der Waals surface area (Å²) in [7, 11) is 0. The number of nitrogens with two attached hydrogens (primary N) is 4. The Morgan fingerprint density at radius 3 is 2.11 bits per heavy atom. The van der Waals surface area contributed by atoms with Gasteiger partial charge in [-0.05, 0) is 38.6 Å². The van der Waals surface area contributed by atoms with Gasteiger partial charge in [0.05, 0.1) is 12.4 Å². The van der Waals surface area contributed by atoms with Crippen molar-refractivity contribution in [3.05, 3.63) is 18.2 Å². The van der Waals surface area contributed by atoms with Crippen LogP contribution in [0.3, 0.4) is 0 Å². The Labute approximate surface area is 220 Å². The van der Waals surface area contributed by atoms with Gasteiger partial charge < -0.3 is 49.0 Å². The van der Waals surface area contributed by atoms with Gasteiger partial charge in [-0.1, -0.05) is 0 Å². The molecule has 0 aliphatic carbocycles. The number of rotatable bonds is 18. The summed E-state index contributed by atoms with van der Waals surface area (Å²) in [5.74, 6) is -3.45. The molecular formula is C21H38N10O5S. The van der Waals surface area contributed by atoms with Crippen LogP contribution in [0.5, 0.6) is 0 Å². The number of guanidine groups is 1. The van der Waals surface area contributed by atoms with E-state index in [1.807, 2.05) is 0 Å². The molecule has 0 fully saturated rings. The Morgan fingerprint density at radius 2 is 1.59 bits per heavy atom. The summed E-state index contributed by atoms with van der Waals surface area (Å²) >= 11 is 3.94. The minimum atomic E-state index is -1.27. The molecule has 1 rings (SSSR count). The number of amides is 3. The first-order chi connectivity index (χ1) is 17.6. The highest BCUT2D eigenvalue weighted by Gasteiger charge is 2.29. The lowest BCUT2D eigenvalue weighted by Crippen LogP contribution is -2.57. The van der Waals surface area contributed by atoms with Gasteiger partial charge in [0, 0.05) is 30.6 Å². The molecule has 1 aromatic heterocycles. The van der Waals surface area contributed by atoms with E-state index in [0.717, 1.165) is 0 Å². The van der Waals surface area contributed by atoms with Gasteiger partial charge in [-0.2, -0.15) is 12.6 Å². The maximum Gasteiger partial charge on any atom is 0.327 e. The number of H-pyrrole nitrogens is 1. The molecule has 0 saturated heterocycles. The molecule has 0 aliphatic rings. The fourth-order valence-corrected chi connectivity index (χ4v) is 3.52. The second-order valence-corrected chi connectivity index (χ2v) is 8.69. The van der Waals surface area contributed by atoms with Crippen molar-refractivity contribution in [3.8, 4) is 0 Å². The number of aliphatic carboxylic acids is 1. The average molecular weight is 543 g/mol. The first-order valence-corrected chi connectivity index (χ1v) is 12.4. The fourth-order valence-electron chi connectivity index (χ4n) is 3.27. The van der Waals surface area contributed by atoms with Crippen LogP contribution in [0.1, 0.15) is 37.8 Å². The number of aromatic amines is 1. The van der Waals surface area contributed by atoms with Gasteiger partial charge in [-0.25, -0.2) is 9.78 Å². The van der Waals surface area contributed by atoms with Crippen molar-refractivity contribution in [2.45, 2.75) is 62.7 Å². The van der Waals surface area contributed by atoms with Crippen molar-refractivity contribution in [2.24, 2.45) is 27.9 Å².